The SMILES string of the molecule is O=C(COC(=O)CCN1C(=O)C2CCCCC2C1=O)Nc1ccc(OC(F)(F)F)cc1. The molecule has 1 saturated heterocycles. The van der Waals surface area contributed by atoms with Crippen LogP contribution in [0.4, 0.5) is 18.9 Å². The molecule has 8 nitrogen and oxygen atoms in total. The second-order valence-corrected chi connectivity index (χ2v) is 7.36. The third kappa shape index (κ3) is 5.96. The molecule has 31 heavy (non-hydrogen) atoms. The van der Waals surface area contributed by atoms with Gasteiger partial charge < -0.3 is 14.8 Å². The van der Waals surface area contributed by atoms with Gasteiger partial charge in [-0.05, 0) is 37.1 Å². The van der Waals surface area contributed by atoms with E-state index in [0.717, 1.165) is 29.9 Å². The highest BCUT2D eigenvalue weighted by atomic mass is 19.4. The molecule has 0 bridgehead atoms. The smallest absolute Gasteiger partial charge is 0.456 e. The number of likely N-dealkylation sites (tertiary alicyclic amines) is 1. The fourth-order valence-corrected chi connectivity index (χ4v) is 3.81. The number of nitrogens with zero attached hydrogens (tertiary/aromatic N) is 1. The zero-order chi connectivity index (χ0) is 22.6. The van der Waals surface area contributed by atoms with E-state index in [-0.39, 0.29) is 42.3 Å². The lowest BCUT2D eigenvalue weighted by molar-refractivity contribution is -0.274. The van der Waals surface area contributed by atoms with Gasteiger partial charge in [-0.2, -0.15) is 0 Å². The Labute approximate surface area is 175 Å². The highest BCUT2D eigenvalue weighted by Crippen LogP contribution is 2.38. The van der Waals surface area contributed by atoms with Crippen LogP contribution >= 0.6 is 0 Å². The highest BCUT2D eigenvalue weighted by Gasteiger charge is 2.47. The molecule has 11 heteroatoms. The second-order valence-electron chi connectivity index (χ2n) is 7.36. The number of alkyl halides is 3. The van der Waals surface area contributed by atoms with E-state index < -0.39 is 30.6 Å². The fraction of sp³-hybridized carbons (Fsp3) is 0.500. The summed E-state index contributed by atoms with van der Waals surface area (Å²) in [5.74, 6) is -2.98. The van der Waals surface area contributed by atoms with Crippen LogP contribution in [0.25, 0.3) is 0 Å². The van der Waals surface area contributed by atoms with E-state index in [1.54, 1.807) is 0 Å². The number of amides is 3. The minimum Gasteiger partial charge on any atom is -0.456 e. The average Bonchev–Trinajstić information content (AvgIpc) is 2.96. The Hall–Kier alpha value is -3.11. The number of rotatable bonds is 7. The number of anilines is 1. The van der Waals surface area contributed by atoms with E-state index in [9.17, 15) is 32.3 Å². The minimum atomic E-state index is -4.82. The Kier molecular flexibility index (Phi) is 6.81. The summed E-state index contributed by atoms with van der Waals surface area (Å²) in [5.41, 5.74) is 0.187. The summed E-state index contributed by atoms with van der Waals surface area (Å²) in [6.07, 6.45) is -1.87. The van der Waals surface area contributed by atoms with Crippen molar-refractivity contribution in [3.63, 3.8) is 0 Å². The molecule has 1 aliphatic carbocycles. The van der Waals surface area contributed by atoms with Crippen molar-refractivity contribution in [2.45, 2.75) is 38.5 Å². The lowest BCUT2D eigenvalue weighted by Crippen LogP contribution is -2.33. The molecule has 2 aliphatic rings. The Balaban J connectivity index is 1.40. The maximum atomic E-state index is 12.4. The van der Waals surface area contributed by atoms with E-state index in [1.807, 2.05) is 0 Å². The first-order valence-corrected chi connectivity index (χ1v) is 9.80. The van der Waals surface area contributed by atoms with Gasteiger partial charge in [-0.15, -0.1) is 13.2 Å². The van der Waals surface area contributed by atoms with E-state index >= 15 is 0 Å². The van der Waals surface area contributed by atoms with Crippen LogP contribution in [-0.2, 0) is 23.9 Å². The molecule has 1 saturated carbocycles. The molecule has 1 aromatic rings. The van der Waals surface area contributed by atoms with Gasteiger partial charge in [-0.3, -0.25) is 24.1 Å². The van der Waals surface area contributed by atoms with Crippen molar-refractivity contribution in [2.75, 3.05) is 18.5 Å². The Morgan fingerprint density at radius 3 is 2.16 bits per heavy atom. The van der Waals surface area contributed by atoms with Gasteiger partial charge in [0, 0.05) is 12.2 Å². The number of hydrogen-bond donors (Lipinski definition) is 1. The summed E-state index contributed by atoms with van der Waals surface area (Å²) in [7, 11) is 0. The van der Waals surface area contributed by atoms with Gasteiger partial charge in [0.05, 0.1) is 18.3 Å². The number of halogens is 3. The molecule has 3 amide bonds. The number of fused-ring (bicyclic) bond motifs is 1. The topological polar surface area (TPSA) is 102 Å². The second kappa shape index (κ2) is 9.36. The molecule has 1 N–H and O–H groups in total. The molecule has 1 aliphatic heterocycles. The number of carbonyl (C=O) groups excluding carboxylic acids is 4. The molecule has 2 atom stereocenters. The molecule has 0 radical (unpaired) electrons. The molecule has 2 fully saturated rings. The normalized spacial score (nSPS) is 20.9. The summed E-state index contributed by atoms with van der Waals surface area (Å²) in [5, 5.41) is 2.36. The number of carbonyl (C=O) groups is 4. The van der Waals surface area contributed by atoms with Crippen LogP contribution in [0, 0.1) is 11.8 Å². The standard InChI is InChI=1S/C20H21F3N2O6/c21-20(22,23)31-13-7-5-12(6-8-13)24-16(26)11-30-17(27)9-10-25-18(28)14-3-1-2-4-15(14)19(25)29/h5-8,14-15H,1-4,9-11H2,(H,24,26). The zero-order valence-electron chi connectivity index (χ0n) is 16.4. The third-order valence-electron chi connectivity index (χ3n) is 5.21. The van der Waals surface area contributed by atoms with Crippen molar-refractivity contribution in [3.8, 4) is 5.75 Å². The summed E-state index contributed by atoms with van der Waals surface area (Å²) >= 11 is 0. The van der Waals surface area contributed by atoms with E-state index in [0.29, 0.717) is 12.8 Å². The summed E-state index contributed by atoms with van der Waals surface area (Å²) in [4.78, 5) is 49.5. The lowest BCUT2D eigenvalue weighted by Gasteiger charge is -2.19. The molecular weight excluding hydrogens is 421 g/mol. The van der Waals surface area contributed by atoms with Gasteiger partial charge in [0.2, 0.25) is 11.8 Å². The van der Waals surface area contributed by atoms with Gasteiger partial charge in [-0.1, -0.05) is 12.8 Å². The van der Waals surface area contributed by atoms with Crippen molar-refractivity contribution >= 4 is 29.4 Å². The van der Waals surface area contributed by atoms with Crippen LogP contribution in [0.15, 0.2) is 24.3 Å². The quantitative estimate of drug-likeness (QED) is 0.515. The highest BCUT2D eigenvalue weighted by molar-refractivity contribution is 6.05. The number of benzene rings is 1. The van der Waals surface area contributed by atoms with Crippen LogP contribution in [0.2, 0.25) is 0 Å². The first-order chi connectivity index (χ1) is 14.6. The van der Waals surface area contributed by atoms with E-state index in [1.165, 1.54) is 12.1 Å². The van der Waals surface area contributed by atoms with Crippen molar-refractivity contribution in [3.05, 3.63) is 24.3 Å². The van der Waals surface area contributed by atoms with Crippen molar-refractivity contribution < 1.29 is 41.8 Å². The lowest BCUT2D eigenvalue weighted by atomic mass is 9.81. The fourth-order valence-electron chi connectivity index (χ4n) is 3.81. The number of ether oxygens (including phenoxy) is 2. The van der Waals surface area contributed by atoms with Gasteiger partial charge in [0.1, 0.15) is 5.75 Å². The maximum Gasteiger partial charge on any atom is 0.573 e. The van der Waals surface area contributed by atoms with E-state index in [4.69, 9.17) is 4.74 Å². The van der Waals surface area contributed by atoms with Crippen LogP contribution < -0.4 is 10.1 Å². The zero-order valence-corrected chi connectivity index (χ0v) is 16.4. The molecule has 3 rings (SSSR count). The van der Waals surface area contributed by atoms with Crippen molar-refractivity contribution in [1.29, 1.82) is 0 Å². The molecule has 0 aromatic heterocycles. The molecule has 168 valence electrons. The number of esters is 1. The van der Waals surface area contributed by atoms with Gasteiger partial charge in [0.15, 0.2) is 6.61 Å². The van der Waals surface area contributed by atoms with Gasteiger partial charge in [-0.25, -0.2) is 0 Å². The summed E-state index contributed by atoms with van der Waals surface area (Å²) < 4.78 is 44.9. The van der Waals surface area contributed by atoms with Crippen LogP contribution in [0.5, 0.6) is 5.75 Å². The first kappa shape index (κ1) is 22.6. The Morgan fingerprint density at radius 2 is 1.61 bits per heavy atom. The number of nitrogens with one attached hydrogen (secondary N) is 1. The van der Waals surface area contributed by atoms with Crippen molar-refractivity contribution in [2.24, 2.45) is 11.8 Å². The predicted molar refractivity (Wildman–Crippen MR) is 99.5 cm³/mol. The van der Waals surface area contributed by atoms with Gasteiger partial charge in [0.25, 0.3) is 5.91 Å². The first-order valence-electron chi connectivity index (χ1n) is 9.80. The van der Waals surface area contributed by atoms with E-state index in [2.05, 4.69) is 10.1 Å². The van der Waals surface area contributed by atoms with Gasteiger partial charge >= 0.3 is 12.3 Å². The molecule has 1 aromatic carbocycles. The van der Waals surface area contributed by atoms with Crippen molar-refractivity contribution in [1.82, 2.24) is 4.90 Å². The number of hydrogen-bond acceptors (Lipinski definition) is 6. The number of imide groups is 1. The summed E-state index contributed by atoms with van der Waals surface area (Å²) in [6.45, 7) is -0.710. The molecule has 0 spiro atoms. The van der Waals surface area contributed by atoms with Crippen LogP contribution in [0.1, 0.15) is 32.1 Å². The Morgan fingerprint density at radius 1 is 1.03 bits per heavy atom. The maximum absolute atomic E-state index is 12.4. The van der Waals surface area contributed by atoms with Crippen LogP contribution in [0.3, 0.4) is 0 Å². The predicted octanol–water partition coefficient (Wildman–Crippen LogP) is 2.63. The van der Waals surface area contributed by atoms with Crippen LogP contribution in [-0.4, -0.2) is 48.1 Å². The monoisotopic (exact) mass is 442 g/mol. The Bertz CT molecular complexity index is 831. The summed E-state index contributed by atoms with van der Waals surface area (Å²) in [6, 6.07) is 4.45. The third-order valence-corrected chi connectivity index (χ3v) is 5.21. The average molecular weight is 442 g/mol. The minimum absolute atomic E-state index is 0.0915. The molecule has 2 unspecified atom stereocenters. The largest absolute Gasteiger partial charge is 0.573 e. The molecular formula is C20H21F3N2O6. The molecule has 1 heterocycles.